The summed E-state index contributed by atoms with van der Waals surface area (Å²) in [7, 11) is 2.20. The molecule has 1 spiro atoms. The molecule has 0 aromatic heterocycles. The number of fused-ring (bicyclic) bond motifs is 2. The van der Waals surface area contributed by atoms with Gasteiger partial charge in [-0.2, -0.15) is 4.58 Å². The molecule has 4 heteroatoms. The highest BCUT2D eigenvalue weighted by Gasteiger charge is 2.50. The van der Waals surface area contributed by atoms with Gasteiger partial charge in [0.2, 0.25) is 5.69 Å². The lowest BCUT2D eigenvalue weighted by Crippen LogP contribution is -2.36. The minimum Gasteiger partial charge on any atom is -0.372 e. The van der Waals surface area contributed by atoms with E-state index < -0.39 is 0 Å². The summed E-state index contributed by atoms with van der Waals surface area (Å²) in [6, 6.07) is 13.1. The maximum absolute atomic E-state index is 6.42. The predicted octanol–water partition coefficient (Wildman–Crippen LogP) is 7.59. The van der Waals surface area contributed by atoms with Gasteiger partial charge in [0.15, 0.2) is 5.71 Å². The summed E-state index contributed by atoms with van der Waals surface area (Å²) in [5.74, 6) is 0. The molecule has 1 fully saturated rings. The quantitative estimate of drug-likeness (QED) is 0.394. The van der Waals surface area contributed by atoms with Crippen LogP contribution in [0.15, 0.2) is 46.9 Å². The zero-order valence-corrected chi connectivity index (χ0v) is 20.6. The summed E-state index contributed by atoms with van der Waals surface area (Å²) in [6.45, 7) is 6.44. The van der Waals surface area contributed by atoms with Crippen molar-refractivity contribution < 1.29 is 4.58 Å². The van der Waals surface area contributed by atoms with Crippen LogP contribution in [0.3, 0.4) is 0 Å². The Kier molecular flexibility index (Phi) is 6.41. The van der Waals surface area contributed by atoms with E-state index in [0.29, 0.717) is 0 Å². The number of allylic oxidation sites excluding steroid dienone is 1. The molecule has 0 atom stereocenters. The molecule has 1 saturated carbocycles. The molecule has 0 unspecified atom stereocenters. The molecule has 1 heterocycles. The Bertz CT molecular complexity index is 998. The topological polar surface area (TPSA) is 6.25 Å². The van der Waals surface area contributed by atoms with Crippen LogP contribution >= 0.6 is 27.5 Å². The van der Waals surface area contributed by atoms with Crippen molar-refractivity contribution in [1.82, 2.24) is 0 Å². The molecule has 0 radical (unpaired) electrons. The summed E-state index contributed by atoms with van der Waals surface area (Å²) in [5, 5.41) is 0.840. The normalized spacial score (nSPS) is 17.8. The molecule has 0 saturated heterocycles. The van der Waals surface area contributed by atoms with Crippen molar-refractivity contribution in [2.75, 3.05) is 25.0 Å². The van der Waals surface area contributed by atoms with Gasteiger partial charge in [-0.05, 0) is 62.6 Å². The molecule has 0 bridgehead atoms. The summed E-state index contributed by atoms with van der Waals surface area (Å²) >= 11 is 10.2. The lowest BCUT2D eigenvalue weighted by Gasteiger charge is -2.31. The van der Waals surface area contributed by atoms with Crippen LogP contribution < -0.4 is 4.90 Å². The number of nitrogens with zero attached hydrogens (tertiary/aromatic N) is 2. The fraction of sp³-hybridized carbons (Fsp3) is 0.423. The maximum atomic E-state index is 6.42. The molecule has 0 N–H and O–H groups in total. The molecule has 2 aliphatic rings. The van der Waals surface area contributed by atoms with Crippen LogP contribution in [0.4, 0.5) is 11.4 Å². The highest BCUT2D eigenvalue weighted by atomic mass is 79.9. The molecular formula is C26H31BrClN2+. The molecule has 2 nitrogen and oxygen atoms in total. The SMILES string of the molecule is CCN(CC)c1ccc(/C=C/C2=[N+](C)c3ccc(Cl)cc3C23CCCCC3)c(Br)c1. The van der Waals surface area contributed by atoms with Crippen molar-refractivity contribution >= 4 is 50.7 Å². The van der Waals surface area contributed by atoms with Gasteiger partial charge in [0.05, 0.1) is 5.41 Å². The number of hydrogen-bond donors (Lipinski definition) is 0. The van der Waals surface area contributed by atoms with Gasteiger partial charge in [0.25, 0.3) is 0 Å². The number of benzene rings is 2. The zero-order valence-electron chi connectivity index (χ0n) is 18.2. The third-order valence-corrected chi connectivity index (χ3v) is 7.85. The second-order valence-corrected chi connectivity index (χ2v) is 9.75. The van der Waals surface area contributed by atoms with E-state index in [4.69, 9.17) is 11.6 Å². The van der Waals surface area contributed by atoms with Crippen LogP contribution in [0.2, 0.25) is 5.02 Å². The Labute approximate surface area is 194 Å². The van der Waals surface area contributed by atoms with Crippen LogP contribution in [0.25, 0.3) is 6.08 Å². The first-order chi connectivity index (χ1) is 14.5. The van der Waals surface area contributed by atoms with Crippen LogP contribution in [0.1, 0.15) is 57.1 Å². The van der Waals surface area contributed by atoms with E-state index in [-0.39, 0.29) is 5.41 Å². The van der Waals surface area contributed by atoms with Gasteiger partial charge in [0.1, 0.15) is 7.05 Å². The van der Waals surface area contributed by atoms with E-state index in [1.807, 2.05) is 6.07 Å². The second-order valence-electron chi connectivity index (χ2n) is 8.46. The Balaban J connectivity index is 1.71. The third kappa shape index (κ3) is 3.76. The Hall–Kier alpha value is -1.58. The van der Waals surface area contributed by atoms with E-state index >= 15 is 0 Å². The van der Waals surface area contributed by atoms with Crippen molar-refractivity contribution in [2.24, 2.45) is 0 Å². The van der Waals surface area contributed by atoms with Crippen LogP contribution in [0, 0.1) is 0 Å². The van der Waals surface area contributed by atoms with Gasteiger partial charge in [-0.3, -0.25) is 0 Å². The third-order valence-electron chi connectivity index (χ3n) is 6.93. The molecule has 2 aromatic rings. The van der Waals surface area contributed by atoms with Gasteiger partial charge in [-0.15, -0.1) is 0 Å². The van der Waals surface area contributed by atoms with Crippen molar-refractivity contribution in [1.29, 1.82) is 0 Å². The van der Waals surface area contributed by atoms with Crippen LogP contribution in [0.5, 0.6) is 0 Å². The fourth-order valence-corrected chi connectivity index (χ4v) is 6.00. The van der Waals surface area contributed by atoms with E-state index in [9.17, 15) is 0 Å². The highest BCUT2D eigenvalue weighted by molar-refractivity contribution is 9.10. The van der Waals surface area contributed by atoms with Crippen molar-refractivity contribution in [2.45, 2.75) is 51.4 Å². The molecule has 2 aromatic carbocycles. The summed E-state index contributed by atoms with van der Waals surface area (Å²) in [4.78, 5) is 2.37. The van der Waals surface area contributed by atoms with Gasteiger partial charge < -0.3 is 4.90 Å². The van der Waals surface area contributed by atoms with E-state index in [0.717, 1.165) is 22.6 Å². The first-order valence-corrected chi connectivity index (χ1v) is 12.3. The average molecular weight is 487 g/mol. The lowest BCUT2D eigenvalue weighted by atomic mass is 9.67. The number of hydrogen-bond acceptors (Lipinski definition) is 1. The van der Waals surface area contributed by atoms with E-state index in [1.165, 1.54) is 60.3 Å². The van der Waals surface area contributed by atoms with Gasteiger partial charge in [-0.25, -0.2) is 0 Å². The standard InChI is InChI=1S/C26H31BrClN2/c1-4-30(5-2)21-12-9-19(23(27)18-21)10-14-25-26(15-7-6-8-16-26)22-17-20(28)11-13-24(22)29(25)3/h9-14,17-18H,4-8,15-16H2,1-3H3/q+1. The van der Waals surface area contributed by atoms with Crippen molar-refractivity contribution in [3.63, 3.8) is 0 Å². The first-order valence-electron chi connectivity index (χ1n) is 11.1. The minimum absolute atomic E-state index is 0.0946. The summed E-state index contributed by atoms with van der Waals surface area (Å²) in [6.07, 6.45) is 10.9. The average Bonchev–Trinajstić information content (AvgIpc) is 2.96. The first kappa shape index (κ1) is 21.6. The monoisotopic (exact) mass is 485 g/mol. The Morgan fingerprint density at radius 2 is 1.77 bits per heavy atom. The number of halogens is 2. The number of rotatable bonds is 5. The predicted molar refractivity (Wildman–Crippen MR) is 134 cm³/mol. The lowest BCUT2D eigenvalue weighted by molar-refractivity contribution is -0.401. The molecule has 158 valence electrons. The highest BCUT2D eigenvalue weighted by Crippen LogP contribution is 2.49. The van der Waals surface area contributed by atoms with Gasteiger partial charge >= 0.3 is 0 Å². The van der Waals surface area contributed by atoms with Gasteiger partial charge in [0, 0.05) is 46.0 Å². The summed E-state index contributed by atoms with van der Waals surface area (Å²) < 4.78 is 3.52. The molecule has 0 amide bonds. The molecule has 4 rings (SSSR count). The minimum atomic E-state index is 0.0946. The maximum Gasteiger partial charge on any atom is 0.209 e. The largest absolute Gasteiger partial charge is 0.372 e. The van der Waals surface area contributed by atoms with Gasteiger partial charge in [-0.1, -0.05) is 52.9 Å². The summed E-state index contributed by atoms with van der Waals surface area (Å²) in [5.41, 5.74) is 6.69. The van der Waals surface area contributed by atoms with Crippen LogP contribution in [-0.2, 0) is 5.41 Å². The van der Waals surface area contributed by atoms with Crippen molar-refractivity contribution in [3.8, 4) is 0 Å². The Morgan fingerprint density at radius 3 is 2.43 bits per heavy atom. The van der Waals surface area contributed by atoms with Crippen LogP contribution in [-0.4, -0.2) is 30.4 Å². The second kappa shape index (κ2) is 8.88. The molecule has 1 aliphatic heterocycles. The molecule has 30 heavy (non-hydrogen) atoms. The number of anilines is 1. The Morgan fingerprint density at radius 1 is 1.03 bits per heavy atom. The van der Waals surface area contributed by atoms with E-state index in [1.54, 1.807) is 0 Å². The smallest absolute Gasteiger partial charge is 0.209 e. The zero-order chi connectivity index (χ0) is 21.3. The molecular weight excluding hydrogens is 456 g/mol. The fourth-order valence-electron chi connectivity index (χ4n) is 5.33. The van der Waals surface area contributed by atoms with E-state index in [2.05, 4.69) is 88.8 Å². The molecule has 1 aliphatic carbocycles. The van der Waals surface area contributed by atoms with Crippen molar-refractivity contribution in [3.05, 3.63) is 63.1 Å².